The van der Waals surface area contributed by atoms with Crippen molar-refractivity contribution >= 4 is 5.69 Å². The molecule has 0 unspecified atom stereocenters. The number of para-hydroxylation sites is 1. The zero-order chi connectivity index (χ0) is 14.5. The fourth-order valence-electron chi connectivity index (χ4n) is 2.07. The van der Waals surface area contributed by atoms with E-state index < -0.39 is 0 Å². The molecule has 0 atom stereocenters. The summed E-state index contributed by atoms with van der Waals surface area (Å²) in [7, 11) is 0. The minimum Gasteiger partial charge on any atom is -0.379 e. The van der Waals surface area contributed by atoms with E-state index in [-0.39, 0.29) is 0 Å². The van der Waals surface area contributed by atoms with Crippen LogP contribution in [0.25, 0.3) is 5.69 Å². The van der Waals surface area contributed by atoms with Gasteiger partial charge in [-0.25, -0.2) is 4.68 Å². The van der Waals surface area contributed by atoms with Crippen molar-refractivity contribution in [3.05, 3.63) is 78.1 Å². The van der Waals surface area contributed by atoms with E-state index in [2.05, 4.69) is 16.5 Å². The van der Waals surface area contributed by atoms with Crippen LogP contribution in [0, 0.1) is 11.3 Å². The summed E-state index contributed by atoms with van der Waals surface area (Å²) in [5, 5.41) is 16.7. The van der Waals surface area contributed by atoms with Crippen molar-refractivity contribution in [1.82, 2.24) is 9.78 Å². The molecular weight excluding hydrogens is 260 g/mol. The first-order chi connectivity index (χ1) is 10.3. The maximum atomic E-state index is 8.88. The molecule has 4 heteroatoms. The van der Waals surface area contributed by atoms with Crippen LogP contribution in [0.3, 0.4) is 0 Å². The highest BCUT2D eigenvalue weighted by molar-refractivity contribution is 5.49. The van der Waals surface area contributed by atoms with Gasteiger partial charge in [0, 0.05) is 11.9 Å². The first-order valence-corrected chi connectivity index (χ1v) is 6.69. The highest BCUT2D eigenvalue weighted by atomic mass is 15.3. The second-order valence-corrected chi connectivity index (χ2v) is 4.63. The Bertz CT molecular complexity index is 769. The lowest BCUT2D eigenvalue weighted by molar-refractivity contribution is 0.844. The lowest BCUT2D eigenvalue weighted by Crippen LogP contribution is -2.02. The van der Waals surface area contributed by atoms with E-state index in [1.165, 1.54) is 0 Å². The number of aromatic nitrogens is 2. The zero-order valence-corrected chi connectivity index (χ0v) is 11.4. The van der Waals surface area contributed by atoms with E-state index in [0.717, 1.165) is 17.1 Å². The van der Waals surface area contributed by atoms with Gasteiger partial charge >= 0.3 is 0 Å². The summed E-state index contributed by atoms with van der Waals surface area (Å²) in [5.41, 5.74) is 3.55. The highest BCUT2D eigenvalue weighted by Crippen LogP contribution is 2.12. The Morgan fingerprint density at radius 3 is 2.71 bits per heavy atom. The van der Waals surface area contributed by atoms with Gasteiger partial charge in [-0.1, -0.05) is 24.3 Å². The number of nitrogens with one attached hydrogen (secondary N) is 1. The largest absolute Gasteiger partial charge is 0.379 e. The Hall–Kier alpha value is -3.06. The van der Waals surface area contributed by atoms with Gasteiger partial charge in [-0.05, 0) is 36.4 Å². The van der Waals surface area contributed by atoms with Gasteiger partial charge in [0.05, 0.1) is 29.6 Å². The molecule has 0 aliphatic carbocycles. The molecular formula is C17H14N4. The van der Waals surface area contributed by atoms with Crippen LogP contribution >= 0.6 is 0 Å². The molecule has 4 nitrogen and oxygen atoms in total. The molecule has 102 valence electrons. The van der Waals surface area contributed by atoms with Gasteiger partial charge in [0.1, 0.15) is 0 Å². The van der Waals surface area contributed by atoms with E-state index in [1.54, 1.807) is 6.07 Å². The van der Waals surface area contributed by atoms with E-state index >= 15 is 0 Å². The number of hydrogen-bond acceptors (Lipinski definition) is 3. The van der Waals surface area contributed by atoms with Crippen LogP contribution in [0.5, 0.6) is 0 Å². The van der Waals surface area contributed by atoms with Crippen molar-refractivity contribution in [2.45, 2.75) is 6.54 Å². The smallest absolute Gasteiger partial charge is 0.0992 e. The predicted octanol–water partition coefficient (Wildman–Crippen LogP) is 3.36. The van der Waals surface area contributed by atoms with Crippen molar-refractivity contribution in [1.29, 1.82) is 5.26 Å². The second-order valence-electron chi connectivity index (χ2n) is 4.63. The normalized spacial score (nSPS) is 10.0. The summed E-state index contributed by atoms with van der Waals surface area (Å²) in [6.45, 7) is 0.620. The van der Waals surface area contributed by atoms with Crippen molar-refractivity contribution in [2.24, 2.45) is 0 Å². The average molecular weight is 274 g/mol. The standard InChI is InChI=1S/C17H14N4/c18-12-14-5-4-6-15(11-14)19-13-16-9-10-21(20-16)17-7-2-1-3-8-17/h1-11,19H,13H2. The number of nitriles is 1. The topological polar surface area (TPSA) is 53.6 Å². The highest BCUT2D eigenvalue weighted by Gasteiger charge is 2.01. The molecule has 1 aromatic heterocycles. The molecule has 0 bridgehead atoms. The van der Waals surface area contributed by atoms with Crippen LogP contribution in [0.2, 0.25) is 0 Å². The third-order valence-corrected chi connectivity index (χ3v) is 3.13. The van der Waals surface area contributed by atoms with E-state index in [9.17, 15) is 0 Å². The second kappa shape index (κ2) is 5.93. The molecule has 21 heavy (non-hydrogen) atoms. The summed E-state index contributed by atoms with van der Waals surface area (Å²) in [6, 6.07) is 21.5. The van der Waals surface area contributed by atoms with Crippen molar-refractivity contribution in [2.75, 3.05) is 5.32 Å². The van der Waals surface area contributed by atoms with Gasteiger partial charge in [-0.3, -0.25) is 0 Å². The average Bonchev–Trinajstić information content (AvgIpc) is 3.03. The third kappa shape index (κ3) is 3.10. The fourth-order valence-corrected chi connectivity index (χ4v) is 2.07. The van der Waals surface area contributed by atoms with Gasteiger partial charge in [-0.15, -0.1) is 0 Å². The fraction of sp³-hybridized carbons (Fsp3) is 0.0588. The monoisotopic (exact) mass is 274 g/mol. The lowest BCUT2D eigenvalue weighted by atomic mass is 10.2. The quantitative estimate of drug-likeness (QED) is 0.793. The molecule has 0 spiro atoms. The molecule has 0 fully saturated rings. The molecule has 3 rings (SSSR count). The van der Waals surface area contributed by atoms with E-state index in [1.807, 2.05) is 65.5 Å². The molecule has 2 aromatic carbocycles. The summed E-state index contributed by atoms with van der Waals surface area (Å²) >= 11 is 0. The molecule has 0 amide bonds. The van der Waals surface area contributed by atoms with Gasteiger partial charge in [-0.2, -0.15) is 10.4 Å². The number of hydrogen-bond donors (Lipinski definition) is 1. The van der Waals surface area contributed by atoms with E-state index in [4.69, 9.17) is 5.26 Å². The molecule has 1 N–H and O–H groups in total. The minimum atomic E-state index is 0.620. The number of nitrogens with zero attached hydrogens (tertiary/aromatic N) is 3. The minimum absolute atomic E-state index is 0.620. The molecule has 0 aliphatic rings. The van der Waals surface area contributed by atoms with Crippen molar-refractivity contribution in [3.8, 4) is 11.8 Å². The van der Waals surface area contributed by atoms with Crippen molar-refractivity contribution in [3.63, 3.8) is 0 Å². The van der Waals surface area contributed by atoms with Gasteiger partial charge < -0.3 is 5.32 Å². The van der Waals surface area contributed by atoms with E-state index in [0.29, 0.717) is 12.1 Å². The van der Waals surface area contributed by atoms with Crippen molar-refractivity contribution < 1.29 is 0 Å². The Balaban J connectivity index is 1.69. The third-order valence-electron chi connectivity index (χ3n) is 3.13. The number of rotatable bonds is 4. The summed E-state index contributed by atoms with van der Waals surface area (Å²) in [4.78, 5) is 0. The van der Waals surface area contributed by atoms with Gasteiger partial charge in [0.15, 0.2) is 0 Å². The van der Waals surface area contributed by atoms with Crippen LogP contribution in [-0.2, 0) is 6.54 Å². The summed E-state index contributed by atoms with van der Waals surface area (Å²) in [6.07, 6.45) is 1.94. The molecule has 0 radical (unpaired) electrons. The number of anilines is 1. The lowest BCUT2D eigenvalue weighted by Gasteiger charge is -2.04. The molecule has 0 saturated heterocycles. The first-order valence-electron chi connectivity index (χ1n) is 6.69. The Morgan fingerprint density at radius 2 is 1.90 bits per heavy atom. The van der Waals surface area contributed by atoms with Crippen LogP contribution in [0.1, 0.15) is 11.3 Å². The van der Waals surface area contributed by atoms with Crippen LogP contribution in [-0.4, -0.2) is 9.78 Å². The molecule has 3 aromatic rings. The zero-order valence-electron chi connectivity index (χ0n) is 11.4. The van der Waals surface area contributed by atoms with Gasteiger partial charge in [0.2, 0.25) is 0 Å². The SMILES string of the molecule is N#Cc1cccc(NCc2ccn(-c3ccccc3)n2)c1. The first kappa shape index (κ1) is 12.9. The van der Waals surface area contributed by atoms with Gasteiger partial charge in [0.25, 0.3) is 0 Å². The Labute approximate surface area is 123 Å². The molecule has 0 aliphatic heterocycles. The van der Waals surface area contributed by atoms with Crippen LogP contribution in [0.4, 0.5) is 5.69 Å². The summed E-state index contributed by atoms with van der Waals surface area (Å²) in [5.74, 6) is 0. The molecule has 1 heterocycles. The van der Waals surface area contributed by atoms with Crippen LogP contribution < -0.4 is 5.32 Å². The maximum Gasteiger partial charge on any atom is 0.0992 e. The Kier molecular flexibility index (Phi) is 3.66. The van der Waals surface area contributed by atoms with Crippen LogP contribution in [0.15, 0.2) is 66.9 Å². The maximum absolute atomic E-state index is 8.88. The molecule has 0 saturated carbocycles. The predicted molar refractivity (Wildman–Crippen MR) is 82.0 cm³/mol. The Morgan fingerprint density at radius 1 is 1.05 bits per heavy atom. The number of benzene rings is 2. The summed E-state index contributed by atoms with van der Waals surface area (Å²) < 4.78 is 1.85.